The van der Waals surface area contributed by atoms with Gasteiger partial charge in [0, 0.05) is 11.6 Å². The molecule has 2 amide bonds. The van der Waals surface area contributed by atoms with E-state index in [1.807, 2.05) is 19.9 Å². The van der Waals surface area contributed by atoms with E-state index in [4.69, 9.17) is 0 Å². The monoisotopic (exact) mass is 341 g/mol. The number of hydrogen-bond donors (Lipinski definition) is 2. The van der Waals surface area contributed by atoms with Gasteiger partial charge in [-0.2, -0.15) is 0 Å². The predicted molar refractivity (Wildman–Crippen MR) is 94.7 cm³/mol. The topological polar surface area (TPSA) is 101 Å². The van der Waals surface area contributed by atoms with Crippen LogP contribution in [-0.2, 0) is 4.79 Å². The van der Waals surface area contributed by atoms with Crippen molar-refractivity contribution in [3.63, 3.8) is 0 Å². The fourth-order valence-electron chi connectivity index (χ4n) is 2.30. The van der Waals surface area contributed by atoms with Gasteiger partial charge in [-0.05, 0) is 50.1 Å². The van der Waals surface area contributed by atoms with Gasteiger partial charge in [-0.1, -0.05) is 12.1 Å². The first-order valence-corrected chi connectivity index (χ1v) is 7.69. The molecule has 2 N–H and O–H groups in total. The van der Waals surface area contributed by atoms with Crippen molar-refractivity contribution in [1.29, 1.82) is 0 Å². The summed E-state index contributed by atoms with van der Waals surface area (Å²) in [4.78, 5) is 34.5. The van der Waals surface area contributed by atoms with Crippen LogP contribution in [0.5, 0.6) is 0 Å². The molecule has 0 bridgehead atoms. The van der Waals surface area contributed by atoms with Crippen molar-refractivity contribution in [3.05, 3.63) is 68.8 Å². The summed E-state index contributed by atoms with van der Waals surface area (Å²) in [7, 11) is 0. The molecule has 0 saturated carbocycles. The minimum atomic E-state index is -0.507. The molecule has 2 aromatic carbocycles. The molecule has 0 aliphatic rings. The number of nitro benzene ring substituents is 1. The first-order valence-electron chi connectivity index (χ1n) is 7.69. The summed E-state index contributed by atoms with van der Waals surface area (Å²) in [5, 5.41) is 16.0. The number of carbonyl (C=O) groups excluding carboxylic acids is 2. The Morgan fingerprint density at radius 3 is 2.44 bits per heavy atom. The van der Waals surface area contributed by atoms with E-state index >= 15 is 0 Å². The first kappa shape index (κ1) is 18.1. The summed E-state index contributed by atoms with van der Waals surface area (Å²) in [6.07, 6.45) is 0. The van der Waals surface area contributed by atoms with Gasteiger partial charge < -0.3 is 10.6 Å². The Labute approximate surface area is 145 Å². The lowest BCUT2D eigenvalue weighted by Crippen LogP contribution is -2.33. The fraction of sp³-hybridized carbons (Fsp3) is 0.222. The highest BCUT2D eigenvalue weighted by atomic mass is 16.6. The Kier molecular flexibility index (Phi) is 5.49. The molecule has 2 rings (SSSR count). The van der Waals surface area contributed by atoms with E-state index in [0.29, 0.717) is 16.8 Å². The number of aryl methyl sites for hydroxylation is 2. The lowest BCUT2D eigenvalue weighted by atomic mass is 10.1. The summed E-state index contributed by atoms with van der Waals surface area (Å²) in [5.74, 6) is -0.810. The molecule has 130 valence electrons. The Morgan fingerprint density at radius 2 is 1.80 bits per heavy atom. The van der Waals surface area contributed by atoms with Crippen molar-refractivity contribution >= 4 is 23.2 Å². The molecule has 0 aromatic heterocycles. The Bertz CT molecular complexity index is 846. The Hall–Kier alpha value is -3.22. The molecule has 2 aromatic rings. The number of rotatable bonds is 5. The third-order valence-corrected chi connectivity index (χ3v) is 3.95. The van der Waals surface area contributed by atoms with Gasteiger partial charge in [-0.3, -0.25) is 19.7 Å². The van der Waals surface area contributed by atoms with E-state index in [1.165, 1.54) is 12.1 Å². The third-order valence-electron chi connectivity index (χ3n) is 3.95. The average Bonchev–Trinajstić information content (AvgIpc) is 2.56. The molecular weight excluding hydrogens is 322 g/mol. The van der Waals surface area contributed by atoms with Crippen molar-refractivity contribution in [2.24, 2.45) is 0 Å². The van der Waals surface area contributed by atoms with Crippen LogP contribution in [0.4, 0.5) is 11.4 Å². The second-order valence-corrected chi connectivity index (χ2v) is 5.74. The van der Waals surface area contributed by atoms with Crippen LogP contribution in [0.1, 0.15) is 27.0 Å². The van der Waals surface area contributed by atoms with Crippen LogP contribution in [0.25, 0.3) is 0 Å². The van der Waals surface area contributed by atoms with Gasteiger partial charge in [-0.25, -0.2) is 0 Å². The van der Waals surface area contributed by atoms with Gasteiger partial charge >= 0.3 is 0 Å². The van der Waals surface area contributed by atoms with Gasteiger partial charge in [0.25, 0.3) is 11.6 Å². The van der Waals surface area contributed by atoms with Gasteiger partial charge in [0.1, 0.15) is 0 Å². The van der Waals surface area contributed by atoms with E-state index in [1.54, 1.807) is 25.1 Å². The molecular formula is C18H19N3O4. The number of anilines is 1. The van der Waals surface area contributed by atoms with Gasteiger partial charge in [0.15, 0.2) is 0 Å². The SMILES string of the molecule is Cc1ccc(C(=O)NCC(=O)Nc2cccc([N+](=O)[O-])c2C)cc1C. The molecule has 7 heteroatoms. The van der Waals surface area contributed by atoms with Crippen LogP contribution in [0.2, 0.25) is 0 Å². The molecule has 0 atom stereocenters. The van der Waals surface area contributed by atoms with E-state index < -0.39 is 10.8 Å². The molecule has 0 fully saturated rings. The second kappa shape index (κ2) is 7.57. The number of hydrogen-bond acceptors (Lipinski definition) is 4. The highest BCUT2D eigenvalue weighted by molar-refractivity contribution is 5.99. The number of nitrogens with zero attached hydrogens (tertiary/aromatic N) is 1. The van der Waals surface area contributed by atoms with Crippen LogP contribution in [0, 0.1) is 30.9 Å². The number of nitro groups is 1. The molecule has 0 saturated heterocycles. The van der Waals surface area contributed by atoms with Crippen LogP contribution >= 0.6 is 0 Å². The lowest BCUT2D eigenvalue weighted by molar-refractivity contribution is -0.385. The normalized spacial score (nSPS) is 10.2. The summed E-state index contributed by atoms with van der Waals surface area (Å²) >= 11 is 0. The zero-order valence-corrected chi connectivity index (χ0v) is 14.3. The quantitative estimate of drug-likeness (QED) is 0.645. The van der Waals surface area contributed by atoms with Crippen molar-refractivity contribution in [3.8, 4) is 0 Å². The Morgan fingerprint density at radius 1 is 1.08 bits per heavy atom. The number of nitrogens with one attached hydrogen (secondary N) is 2. The molecule has 25 heavy (non-hydrogen) atoms. The number of carbonyl (C=O) groups is 2. The third kappa shape index (κ3) is 4.41. The molecule has 0 aliphatic carbocycles. The zero-order chi connectivity index (χ0) is 18.6. The van der Waals surface area contributed by atoms with Crippen molar-refractivity contribution in [1.82, 2.24) is 5.32 Å². The summed E-state index contributed by atoms with van der Waals surface area (Å²) in [6.45, 7) is 5.19. The maximum atomic E-state index is 12.1. The van der Waals surface area contributed by atoms with Gasteiger partial charge in [0.2, 0.25) is 5.91 Å². The summed E-state index contributed by atoms with van der Waals surface area (Å²) < 4.78 is 0. The second-order valence-electron chi connectivity index (χ2n) is 5.74. The van der Waals surface area contributed by atoms with E-state index in [2.05, 4.69) is 10.6 Å². The lowest BCUT2D eigenvalue weighted by Gasteiger charge is -2.10. The molecule has 0 aliphatic heterocycles. The van der Waals surface area contributed by atoms with E-state index in [-0.39, 0.29) is 18.1 Å². The van der Waals surface area contributed by atoms with Gasteiger partial charge in [0.05, 0.1) is 22.7 Å². The maximum absolute atomic E-state index is 12.1. The predicted octanol–water partition coefficient (Wildman–Crippen LogP) is 2.89. The minimum Gasteiger partial charge on any atom is -0.343 e. The van der Waals surface area contributed by atoms with Crippen LogP contribution in [-0.4, -0.2) is 23.3 Å². The van der Waals surface area contributed by atoms with Crippen molar-refractivity contribution in [2.75, 3.05) is 11.9 Å². The fourth-order valence-corrected chi connectivity index (χ4v) is 2.30. The number of benzene rings is 2. The van der Waals surface area contributed by atoms with Crippen LogP contribution < -0.4 is 10.6 Å². The molecule has 7 nitrogen and oxygen atoms in total. The van der Waals surface area contributed by atoms with Crippen LogP contribution in [0.3, 0.4) is 0 Å². The molecule has 0 heterocycles. The maximum Gasteiger partial charge on any atom is 0.274 e. The summed E-state index contributed by atoms with van der Waals surface area (Å²) in [6, 6.07) is 9.73. The molecule has 0 spiro atoms. The van der Waals surface area contributed by atoms with Crippen molar-refractivity contribution < 1.29 is 14.5 Å². The minimum absolute atomic E-state index is 0.0723. The average molecular weight is 341 g/mol. The molecule has 0 unspecified atom stereocenters. The number of amides is 2. The van der Waals surface area contributed by atoms with Gasteiger partial charge in [-0.15, -0.1) is 0 Å². The summed E-state index contributed by atoms with van der Waals surface area (Å²) in [5.41, 5.74) is 3.18. The highest BCUT2D eigenvalue weighted by Gasteiger charge is 2.15. The first-order chi connectivity index (χ1) is 11.8. The van der Waals surface area contributed by atoms with Crippen molar-refractivity contribution in [2.45, 2.75) is 20.8 Å². The molecule has 0 radical (unpaired) electrons. The standard InChI is InChI=1S/C18H19N3O4/c1-11-7-8-14(9-12(11)2)18(23)19-10-17(22)20-15-5-4-6-16(13(15)3)21(24)25/h4-9H,10H2,1-3H3,(H,19,23)(H,20,22). The smallest absolute Gasteiger partial charge is 0.274 e. The highest BCUT2D eigenvalue weighted by Crippen LogP contribution is 2.24. The van der Waals surface area contributed by atoms with E-state index in [0.717, 1.165) is 11.1 Å². The van der Waals surface area contributed by atoms with E-state index in [9.17, 15) is 19.7 Å². The van der Waals surface area contributed by atoms with Crippen LogP contribution in [0.15, 0.2) is 36.4 Å². The Balaban J connectivity index is 1.99. The zero-order valence-electron chi connectivity index (χ0n) is 14.3. The largest absolute Gasteiger partial charge is 0.343 e.